The van der Waals surface area contributed by atoms with E-state index in [4.69, 9.17) is 9.57 Å². The van der Waals surface area contributed by atoms with Gasteiger partial charge in [0.15, 0.2) is 0 Å². The second kappa shape index (κ2) is 13.1. The molecule has 1 fully saturated rings. The van der Waals surface area contributed by atoms with E-state index in [0.717, 1.165) is 10.5 Å². The Morgan fingerprint density at radius 1 is 0.936 bits per heavy atom. The molecule has 2 aromatic carbocycles. The van der Waals surface area contributed by atoms with Crippen LogP contribution in [-0.2, 0) is 28.5 Å². The number of benzene rings is 2. The molecule has 1 aliphatic heterocycles. The molecule has 0 N–H and O–H groups in total. The van der Waals surface area contributed by atoms with Crippen LogP contribution in [-0.4, -0.2) is 65.8 Å². The molecule has 254 valence electrons. The van der Waals surface area contributed by atoms with Crippen molar-refractivity contribution in [1.29, 1.82) is 0 Å². The van der Waals surface area contributed by atoms with E-state index in [2.05, 4.69) is 4.98 Å². The van der Waals surface area contributed by atoms with Crippen molar-refractivity contribution in [3.63, 3.8) is 0 Å². The minimum absolute atomic E-state index is 0.00735. The predicted octanol–water partition coefficient (Wildman–Crippen LogP) is 7.35. The number of pyridine rings is 1. The maximum Gasteiger partial charge on any atom is 0.528 e. The standard InChI is InChI=1S/C32H34F6N4O5/c1-20-8-6-7-9-24(20)25-17-27(42(45)12-10-41(11-13-42)47-29(44)46-30(2,3)4)39-18-26(25)28(43)40(5)19-21-14-22(31(33,34)35)16-23(15-21)32(36,37)38/h6-9,14-18H,10-13,19H2,1-5H3. The first-order valence-electron chi connectivity index (χ1n) is 14.5. The van der Waals surface area contributed by atoms with Crippen LogP contribution in [0.1, 0.15) is 53.4 Å². The number of quaternary nitrogens is 1. The van der Waals surface area contributed by atoms with Gasteiger partial charge in [-0.05, 0) is 62.6 Å². The molecule has 0 aliphatic carbocycles. The molecule has 2 heterocycles. The SMILES string of the molecule is Cc1ccccc1-c1cc([N+]2([O-])CCN(OC(=O)OC(C)(C)C)CC2)ncc1C(=O)N(C)Cc1cc(C(F)(F)F)cc(C(F)(F)F)c1. The molecule has 0 bridgehead atoms. The summed E-state index contributed by atoms with van der Waals surface area (Å²) < 4.78 is 84.8. The maximum atomic E-state index is 13.9. The lowest BCUT2D eigenvalue weighted by molar-refractivity contribution is -0.154. The second-order valence-electron chi connectivity index (χ2n) is 12.3. The molecule has 1 saturated heterocycles. The Bertz CT molecular complexity index is 1600. The van der Waals surface area contributed by atoms with Crippen LogP contribution in [0.2, 0.25) is 0 Å². The summed E-state index contributed by atoms with van der Waals surface area (Å²) in [6.07, 6.45) is -9.80. The predicted molar refractivity (Wildman–Crippen MR) is 160 cm³/mol. The van der Waals surface area contributed by atoms with Gasteiger partial charge in [0.05, 0.1) is 29.8 Å². The van der Waals surface area contributed by atoms with Gasteiger partial charge in [-0.2, -0.15) is 26.3 Å². The number of aromatic nitrogens is 1. The van der Waals surface area contributed by atoms with Crippen molar-refractivity contribution in [3.8, 4) is 11.1 Å². The fraction of sp³-hybridized carbons (Fsp3) is 0.406. The fourth-order valence-electron chi connectivity index (χ4n) is 5.06. The highest BCUT2D eigenvalue weighted by atomic mass is 19.4. The average molecular weight is 669 g/mol. The number of halogens is 6. The molecular weight excluding hydrogens is 634 g/mol. The number of aryl methyl sites for hydroxylation is 1. The first kappa shape index (κ1) is 35.6. The largest absolute Gasteiger partial charge is 0.626 e. The van der Waals surface area contributed by atoms with E-state index < -0.39 is 52.3 Å². The lowest BCUT2D eigenvalue weighted by Gasteiger charge is -2.45. The molecule has 0 radical (unpaired) electrons. The molecule has 1 aromatic heterocycles. The number of ether oxygens (including phenoxy) is 1. The Balaban J connectivity index is 1.63. The second-order valence-corrected chi connectivity index (χ2v) is 12.3. The van der Waals surface area contributed by atoms with Gasteiger partial charge >= 0.3 is 18.5 Å². The summed E-state index contributed by atoms with van der Waals surface area (Å²) in [6.45, 7) is 6.25. The monoisotopic (exact) mass is 668 g/mol. The highest BCUT2D eigenvalue weighted by Gasteiger charge is 2.37. The van der Waals surface area contributed by atoms with Gasteiger partial charge in [0.1, 0.15) is 18.7 Å². The summed E-state index contributed by atoms with van der Waals surface area (Å²) in [6, 6.07) is 9.61. The lowest BCUT2D eigenvalue weighted by atomic mass is 9.96. The van der Waals surface area contributed by atoms with E-state index in [0.29, 0.717) is 23.3 Å². The van der Waals surface area contributed by atoms with Crippen LogP contribution < -0.4 is 4.65 Å². The molecule has 9 nitrogen and oxygen atoms in total. The van der Waals surface area contributed by atoms with Crippen molar-refractivity contribution in [1.82, 2.24) is 19.6 Å². The van der Waals surface area contributed by atoms with Crippen LogP contribution in [0.4, 0.5) is 37.0 Å². The van der Waals surface area contributed by atoms with Crippen molar-refractivity contribution >= 4 is 17.9 Å². The van der Waals surface area contributed by atoms with Crippen molar-refractivity contribution in [3.05, 3.63) is 87.8 Å². The Morgan fingerprint density at radius 2 is 1.51 bits per heavy atom. The van der Waals surface area contributed by atoms with Gasteiger partial charge in [0.25, 0.3) is 5.91 Å². The molecule has 1 aliphatic rings. The molecule has 0 atom stereocenters. The molecule has 0 saturated carbocycles. The van der Waals surface area contributed by atoms with Crippen molar-refractivity contribution in [2.45, 2.75) is 52.2 Å². The van der Waals surface area contributed by atoms with Crippen LogP contribution in [0.3, 0.4) is 0 Å². The van der Waals surface area contributed by atoms with Crippen molar-refractivity contribution < 1.29 is 45.5 Å². The van der Waals surface area contributed by atoms with Gasteiger partial charge in [-0.25, -0.2) is 9.78 Å². The Labute approximate surface area is 267 Å². The first-order chi connectivity index (χ1) is 21.7. The topological polar surface area (TPSA) is 95.0 Å². The summed E-state index contributed by atoms with van der Waals surface area (Å²) in [7, 11) is 1.25. The van der Waals surface area contributed by atoms with Gasteiger partial charge in [0.2, 0.25) is 5.82 Å². The van der Waals surface area contributed by atoms with E-state index >= 15 is 0 Å². The Kier molecular flexibility index (Phi) is 9.95. The molecule has 15 heteroatoms. The van der Waals surface area contributed by atoms with E-state index in [-0.39, 0.29) is 49.2 Å². The minimum atomic E-state index is -5.04. The zero-order valence-corrected chi connectivity index (χ0v) is 26.3. The number of hydroxylamine groups is 4. The molecule has 47 heavy (non-hydrogen) atoms. The average Bonchev–Trinajstić information content (AvgIpc) is 2.96. The van der Waals surface area contributed by atoms with Gasteiger partial charge < -0.3 is 24.3 Å². The number of rotatable bonds is 6. The third kappa shape index (κ3) is 8.78. The van der Waals surface area contributed by atoms with Crippen LogP contribution in [0.15, 0.2) is 54.7 Å². The van der Waals surface area contributed by atoms with Crippen LogP contribution >= 0.6 is 0 Å². The number of piperazine rings is 1. The normalized spacial score (nSPS) is 15.7. The summed E-state index contributed by atoms with van der Waals surface area (Å²) >= 11 is 0. The quantitative estimate of drug-likeness (QED) is 0.117. The zero-order chi connectivity index (χ0) is 34.9. The third-order valence-corrected chi connectivity index (χ3v) is 7.40. The smallest absolute Gasteiger partial charge is 0.528 e. The minimum Gasteiger partial charge on any atom is -0.626 e. The zero-order valence-electron chi connectivity index (χ0n) is 26.3. The number of hydrogen-bond donors (Lipinski definition) is 0. The summed E-state index contributed by atoms with van der Waals surface area (Å²) in [5.41, 5.74) is -2.51. The molecular formula is C32H34F6N4O5. The number of alkyl halides is 6. The van der Waals surface area contributed by atoms with Gasteiger partial charge in [-0.1, -0.05) is 24.3 Å². The molecule has 0 unspecified atom stereocenters. The number of amides is 1. The van der Waals surface area contributed by atoms with Gasteiger partial charge in [-0.3, -0.25) is 4.79 Å². The number of nitrogens with zero attached hydrogens (tertiary/aromatic N) is 4. The number of carbonyl (C=O) groups excluding carboxylic acids is 2. The third-order valence-electron chi connectivity index (χ3n) is 7.40. The fourth-order valence-corrected chi connectivity index (χ4v) is 5.06. The number of carbonyl (C=O) groups is 2. The van der Waals surface area contributed by atoms with E-state index in [9.17, 15) is 41.1 Å². The molecule has 3 aromatic rings. The highest BCUT2D eigenvalue weighted by Crippen LogP contribution is 2.37. The van der Waals surface area contributed by atoms with Crippen LogP contribution in [0, 0.1) is 12.1 Å². The molecule has 0 spiro atoms. The lowest BCUT2D eigenvalue weighted by Crippen LogP contribution is -2.57. The maximum absolute atomic E-state index is 13.9. The Hall–Kier alpha value is -4.21. The summed E-state index contributed by atoms with van der Waals surface area (Å²) in [5, 5.41) is 15.2. The number of hydrogen-bond acceptors (Lipinski definition) is 7. The van der Waals surface area contributed by atoms with E-state index in [1.807, 2.05) is 0 Å². The van der Waals surface area contributed by atoms with Crippen molar-refractivity contribution in [2.24, 2.45) is 0 Å². The van der Waals surface area contributed by atoms with E-state index in [1.165, 1.54) is 24.4 Å². The van der Waals surface area contributed by atoms with Crippen LogP contribution in [0.25, 0.3) is 11.1 Å². The van der Waals surface area contributed by atoms with E-state index in [1.54, 1.807) is 52.0 Å². The molecule has 1 amide bonds. The van der Waals surface area contributed by atoms with Gasteiger partial charge in [-0.15, -0.1) is 5.06 Å². The van der Waals surface area contributed by atoms with Crippen molar-refractivity contribution in [2.75, 3.05) is 33.2 Å². The highest BCUT2D eigenvalue weighted by molar-refractivity contribution is 6.01. The van der Waals surface area contributed by atoms with Crippen LogP contribution in [0.5, 0.6) is 0 Å². The summed E-state index contributed by atoms with van der Waals surface area (Å²) in [5.74, 6) is -0.673. The first-order valence-corrected chi connectivity index (χ1v) is 14.5. The van der Waals surface area contributed by atoms with Gasteiger partial charge in [0, 0.05) is 31.4 Å². The molecule has 4 rings (SSSR count). The Morgan fingerprint density at radius 3 is 2.04 bits per heavy atom. The summed E-state index contributed by atoms with van der Waals surface area (Å²) in [4.78, 5) is 36.3.